The molecule has 0 atom stereocenters. The minimum absolute atomic E-state index is 0.160. The van der Waals surface area contributed by atoms with E-state index in [0.29, 0.717) is 17.3 Å². The van der Waals surface area contributed by atoms with Crippen LogP contribution in [0, 0.1) is 24.0 Å². The van der Waals surface area contributed by atoms with E-state index in [1.807, 2.05) is 32.0 Å². The summed E-state index contributed by atoms with van der Waals surface area (Å²) in [5.41, 5.74) is 2.68. The Morgan fingerprint density at radius 3 is 2.58 bits per heavy atom. The first-order valence-electron chi connectivity index (χ1n) is 7.69. The number of pyridine rings is 1. The zero-order valence-electron chi connectivity index (χ0n) is 14.1. The molecule has 8 nitrogen and oxygen atoms in total. The molecule has 1 aromatic carbocycles. The van der Waals surface area contributed by atoms with Crippen LogP contribution in [-0.2, 0) is 0 Å². The van der Waals surface area contributed by atoms with Gasteiger partial charge >= 0.3 is 5.88 Å². The molecule has 3 aromatic rings. The zero-order chi connectivity index (χ0) is 18.7. The van der Waals surface area contributed by atoms with Crippen molar-refractivity contribution < 1.29 is 18.9 Å². The fraction of sp³-hybridized carbons (Fsp3) is 0.111. The van der Waals surface area contributed by atoms with E-state index in [1.54, 1.807) is 12.1 Å². The lowest BCUT2D eigenvalue weighted by Gasteiger charge is -2.08. The SMILES string of the molecule is Cc1ccc(Oc2ccc(NC(=O)c3ccc([N+](=O)[O-])o3)cn2)cc1C. The normalized spacial score (nSPS) is 10.4. The smallest absolute Gasteiger partial charge is 0.433 e. The number of hydrogen-bond acceptors (Lipinski definition) is 6. The number of benzene rings is 1. The van der Waals surface area contributed by atoms with Crippen molar-refractivity contribution in [3.05, 3.63) is 75.7 Å². The van der Waals surface area contributed by atoms with Gasteiger partial charge in [0.05, 0.1) is 18.0 Å². The second kappa shape index (κ2) is 7.06. The number of amides is 1. The van der Waals surface area contributed by atoms with Gasteiger partial charge in [-0.3, -0.25) is 14.9 Å². The molecule has 132 valence electrons. The summed E-state index contributed by atoms with van der Waals surface area (Å²) in [7, 11) is 0. The van der Waals surface area contributed by atoms with Crippen LogP contribution >= 0.6 is 0 Å². The molecule has 0 aliphatic heterocycles. The van der Waals surface area contributed by atoms with Crippen LogP contribution in [-0.4, -0.2) is 15.8 Å². The number of carbonyl (C=O) groups excluding carboxylic acids is 1. The van der Waals surface area contributed by atoms with Gasteiger partial charge in [0.15, 0.2) is 5.76 Å². The molecular weight excluding hydrogens is 338 g/mol. The topological polar surface area (TPSA) is 108 Å². The molecular formula is C18H15N3O5. The van der Waals surface area contributed by atoms with Crippen LogP contribution in [0.3, 0.4) is 0 Å². The van der Waals surface area contributed by atoms with Crippen molar-refractivity contribution in [3.8, 4) is 11.6 Å². The number of aromatic nitrogens is 1. The first-order chi connectivity index (χ1) is 12.4. The average Bonchev–Trinajstić information content (AvgIpc) is 3.10. The van der Waals surface area contributed by atoms with Gasteiger partial charge in [0.2, 0.25) is 5.88 Å². The Morgan fingerprint density at radius 2 is 1.96 bits per heavy atom. The molecule has 1 N–H and O–H groups in total. The van der Waals surface area contributed by atoms with E-state index in [2.05, 4.69) is 10.3 Å². The van der Waals surface area contributed by atoms with Gasteiger partial charge in [0, 0.05) is 6.07 Å². The van der Waals surface area contributed by atoms with Crippen LogP contribution in [0.4, 0.5) is 11.6 Å². The van der Waals surface area contributed by atoms with Crippen LogP contribution < -0.4 is 10.1 Å². The highest BCUT2D eigenvalue weighted by Crippen LogP contribution is 2.23. The molecule has 0 saturated heterocycles. The minimum Gasteiger partial charge on any atom is -0.439 e. The molecule has 0 aliphatic carbocycles. The standard InChI is InChI=1S/C18H15N3O5/c1-11-3-5-14(9-12(11)2)25-16-7-4-13(10-19-16)20-18(22)15-6-8-17(26-15)21(23)24/h3-10H,1-2H3,(H,20,22). The number of nitro groups is 1. The number of hydrogen-bond donors (Lipinski definition) is 1. The lowest BCUT2D eigenvalue weighted by atomic mass is 10.1. The highest BCUT2D eigenvalue weighted by Gasteiger charge is 2.17. The van der Waals surface area contributed by atoms with E-state index in [0.717, 1.165) is 11.6 Å². The fourth-order valence-corrected chi connectivity index (χ4v) is 2.15. The molecule has 0 unspecified atom stereocenters. The second-order valence-corrected chi connectivity index (χ2v) is 5.58. The van der Waals surface area contributed by atoms with Crippen LogP contribution in [0.15, 0.2) is 53.1 Å². The zero-order valence-corrected chi connectivity index (χ0v) is 14.1. The van der Waals surface area contributed by atoms with Crippen molar-refractivity contribution in [1.82, 2.24) is 4.98 Å². The molecule has 0 radical (unpaired) electrons. The van der Waals surface area contributed by atoms with E-state index in [9.17, 15) is 14.9 Å². The number of carbonyl (C=O) groups is 1. The van der Waals surface area contributed by atoms with Gasteiger partial charge in [0.25, 0.3) is 5.91 Å². The maximum atomic E-state index is 12.0. The van der Waals surface area contributed by atoms with E-state index >= 15 is 0 Å². The summed E-state index contributed by atoms with van der Waals surface area (Å²) in [5, 5.41) is 13.1. The summed E-state index contributed by atoms with van der Waals surface area (Å²) in [6.07, 6.45) is 1.42. The molecule has 0 spiro atoms. The molecule has 8 heteroatoms. The number of rotatable bonds is 5. The molecule has 0 bridgehead atoms. The van der Waals surface area contributed by atoms with Crippen molar-refractivity contribution in [2.45, 2.75) is 13.8 Å². The number of ether oxygens (including phenoxy) is 1. The highest BCUT2D eigenvalue weighted by atomic mass is 16.6. The van der Waals surface area contributed by atoms with Gasteiger partial charge in [-0.05, 0) is 49.2 Å². The highest BCUT2D eigenvalue weighted by molar-refractivity contribution is 6.02. The monoisotopic (exact) mass is 353 g/mol. The van der Waals surface area contributed by atoms with E-state index < -0.39 is 16.7 Å². The number of nitrogens with zero attached hydrogens (tertiary/aromatic N) is 2. The fourth-order valence-electron chi connectivity index (χ4n) is 2.15. The Balaban J connectivity index is 1.66. The van der Waals surface area contributed by atoms with Crippen molar-refractivity contribution in [2.24, 2.45) is 0 Å². The molecule has 0 saturated carbocycles. The lowest BCUT2D eigenvalue weighted by Crippen LogP contribution is -2.11. The maximum Gasteiger partial charge on any atom is 0.433 e. The Bertz CT molecular complexity index is 963. The summed E-state index contributed by atoms with van der Waals surface area (Å²) >= 11 is 0. The van der Waals surface area contributed by atoms with Gasteiger partial charge in [-0.25, -0.2) is 4.98 Å². The Labute approximate surface area is 148 Å². The molecule has 26 heavy (non-hydrogen) atoms. The van der Waals surface area contributed by atoms with E-state index in [1.165, 1.54) is 17.8 Å². The molecule has 3 rings (SSSR count). The summed E-state index contributed by atoms with van der Waals surface area (Å²) in [4.78, 5) is 26.0. The Kier molecular flexibility index (Phi) is 4.66. The van der Waals surface area contributed by atoms with Crippen LogP contribution in [0.2, 0.25) is 0 Å². The largest absolute Gasteiger partial charge is 0.439 e. The maximum absolute atomic E-state index is 12.0. The van der Waals surface area contributed by atoms with Gasteiger partial charge in [-0.1, -0.05) is 6.07 Å². The van der Waals surface area contributed by atoms with E-state index in [-0.39, 0.29) is 5.76 Å². The minimum atomic E-state index is -0.711. The molecule has 0 aliphatic rings. The average molecular weight is 353 g/mol. The first-order valence-corrected chi connectivity index (χ1v) is 7.69. The molecule has 1 amide bonds. The summed E-state index contributed by atoms with van der Waals surface area (Å²) in [6, 6.07) is 11.3. The van der Waals surface area contributed by atoms with Gasteiger partial charge in [-0.15, -0.1) is 0 Å². The third kappa shape index (κ3) is 3.86. The summed E-state index contributed by atoms with van der Waals surface area (Å²) in [6.45, 7) is 4.01. The number of aryl methyl sites for hydroxylation is 2. The molecule has 2 aromatic heterocycles. The summed E-state index contributed by atoms with van der Waals surface area (Å²) < 4.78 is 10.5. The Hall–Kier alpha value is -3.68. The number of furan rings is 1. The summed E-state index contributed by atoms with van der Waals surface area (Å²) in [5.74, 6) is -0.222. The third-order valence-electron chi connectivity index (χ3n) is 3.69. The van der Waals surface area contributed by atoms with Crippen molar-refractivity contribution >= 4 is 17.5 Å². The van der Waals surface area contributed by atoms with Crippen molar-refractivity contribution in [1.29, 1.82) is 0 Å². The molecule has 2 heterocycles. The van der Waals surface area contributed by atoms with Crippen LogP contribution in [0.5, 0.6) is 11.6 Å². The lowest BCUT2D eigenvalue weighted by molar-refractivity contribution is -0.402. The number of nitrogens with one attached hydrogen (secondary N) is 1. The van der Waals surface area contributed by atoms with Crippen LogP contribution in [0.25, 0.3) is 0 Å². The number of anilines is 1. The van der Waals surface area contributed by atoms with Crippen LogP contribution in [0.1, 0.15) is 21.7 Å². The second-order valence-electron chi connectivity index (χ2n) is 5.58. The van der Waals surface area contributed by atoms with Gasteiger partial charge in [0.1, 0.15) is 10.7 Å². The predicted molar refractivity (Wildman–Crippen MR) is 93.5 cm³/mol. The quantitative estimate of drug-likeness (QED) is 0.543. The first kappa shape index (κ1) is 17.2. The van der Waals surface area contributed by atoms with Gasteiger partial charge < -0.3 is 14.5 Å². The Morgan fingerprint density at radius 1 is 1.15 bits per heavy atom. The van der Waals surface area contributed by atoms with Gasteiger partial charge in [-0.2, -0.15) is 0 Å². The molecule has 0 fully saturated rings. The third-order valence-corrected chi connectivity index (χ3v) is 3.69. The van der Waals surface area contributed by atoms with Crippen molar-refractivity contribution in [3.63, 3.8) is 0 Å². The predicted octanol–water partition coefficient (Wildman–Crippen LogP) is 4.24. The van der Waals surface area contributed by atoms with E-state index in [4.69, 9.17) is 9.15 Å². The van der Waals surface area contributed by atoms with Crippen molar-refractivity contribution in [2.75, 3.05) is 5.32 Å².